The smallest absolute Gasteiger partial charge is 0.223 e. The lowest BCUT2D eigenvalue weighted by atomic mass is 9.86. The molecule has 0 aliphatic heterocycles. The first-order chi connectivity index (χ1) is 10.6. The Labute approximate surface area is 135 Å². The Bertz CT molecular complexity index is 392. The second kappa shape index (κ2) is 10.4. The molecule has 0 aromatic heterocycles. The van der Waals surface area contributed by atoms with Crippen LogP contribution in [0.25, 0.3) is 0 Å². The van der Waals surface area contributed by atoms with E-state index in [-0.39, 0.29) is 24.0 Å². The first-order valence-corrected chi connectivity index (χ1v) is 8.49. The lowest BCUT2D eigenvalue weighted by Crippen LogP contribution is -2.39. The van der Waals surface area contributed by atoms with Crippen LogP contribution in [-0.2, 0) is 4.79 Å². The van der Waals surface area contributed by atoms with Gasteiger partial charge in [-0.1, -0.05) is 37.8 Å². The van der Waals surface area contributed by atoms with Gasteiger partial charge in [0.2, 0.25) is 5.91 Å². The number of nitrogens with one attached hydrogen (secondary N) is 1. The van der Waals surface area contributed by atoms with Crippen LogP contribution in [0.15, 0.2) is 37.0 Å². The first-order valence-electron chi connectivity index (χ1n) is 8.49. The van der Waals surface area contributed by atoms with E-state index in [2.05, 4.69) is 25.4 Å². The SMILES string of the molecule is C=C/C=C(\C=C)CCCCC(C)NC(=O)C1CCC(O)CC1. The van der Waals surface area contributed by atoms with E-state index in [1.165, 1.54) is 5.57 Å². The zero-order valence-corrected chi connectivity index (χ0v) is 13.9. The van der Waals surface area contributed by atoms with Crippen molar-refractivity contribution in [3.8, 4) is 0 Å². The molecule has 0 spiro atoms. The van der Waals surface area contributed by atoms with E-state index in [1.54, 1.807) is 6.08 Å². The van der Waals surface area contributed by atoms with Crippen LogP contribution >= 0.6 is 0 Å². The third-order valence-corrected chi connectivity index (χ3v) is 4.40. The van der Waals surface area contributed by atoms with Gasteiger partial charge in [-0.2, -0.15) is 0 Å². The third kappa shape index (κ3) is 7.08. The number of hydrogen-bond donors (Lipinski definition) is 2. The van der Waals surface area contributed by atoms with Gasteiger partial charge in [-0.25, -0.2) is 0 Å². The van der Waals surface area contributed by atoms with Crippen LogP contribution in [0.3, 0.4) is 0 Å². The average Bonchev–Trinajstić information content (AvgIpc) is 2.50. The summed E-state index contributed by atoms with van der Waals surface area (Å²) in [5.74, 6) is 0.256. The molecule has 124 valence electrons. The summed E-state index contributed by atoms with van der Waals surface area (Å²) in [7, 11) is 0. The number of aliphatic hydroxyl groups is 1. The highest BCUT2D eigenvalue weighted by Gasteiger charge is 2.25. The highest BCUT2D eigenvalue weighted by atomic mass is 16.3. The van der Waals surface area contributed by atoms with Crippen LogP contribution in [0, 0.1) is 5.92 Å². The van der Waals surface area contributed by atoms with Gasteiger partial charge >= 0.3 is 0 Å². The van der Waals surface area contributed by atoms with Crippen molar-refractivity contribution in [1.82, 2.24) is 5.32 Å². The van der Waals surface area contributed by atoms with Gasteiger partial charge in [0.1, 0.15) is 0 Å². The van der Waals surface area contributed by atoms with Crippen LogP contribution < -0.4 is 5.32 Å². The van der Waals surface area contributed by atoms with E-state index in [4.69, 9.17) is 0 Å². The van der Waals surface area contributed by atoms with Crippen LogP contribution in [-0.4, -0.2) is 23.2 Å². The summed E-state index contributed by atoms with van der Waals surface area (Å²) in [6.07, 6.45) is 12.8. The Balaban J connectivity index is 2.18. The summed E-state index contributed by atoms with van der Waals surface area (Å²) < 4.78 is 0. The molecular weight excluding hydrogens is 274 g/mol. The maximum absolute atomic E-state index is 12.2. The lowest BCUT2D eigenvalue weighted by molar-refractivity contribution is -0.127. The molecule has 1 aliphatic carbocycles. The molecule has 3 nitrogen and oxygen atoms in total. The molecular formula is C19H31NO2. The maximum Gasteiger partial charge on any atom is 0.223 e. The Morgan fingerprint density at radius 1 is 1.27 bits per heavy atom. The molecule has 1 atom stereocenters. The minimum atomic E-state index is -0.204. The average molecular weight is 305 g/mol. The minimum absolute atomic E-state index is 0.0914. The molecule has 0 saturated heterocycles. The number of aliphatic hydroxyl groups excluding tert-OH is 1. The van der Waals surface area contributed by atoms with E-state index >= 15 is 0 Å². The van der Waals surface area contributed by atoms with Crippen molar-refractivity contribution in [2.45, 2.75) is 70.4 Å². The minimum Gasteiger partial charge on any atom is -0.393 e. The van der Waals surface area contributed by atoms with Gasteiger partial charge in [0.05, 0.1) is 6.10 Å². The molecule has 0 bridgehead atoms. The lowest BCUT2D eigenvalue weighted by Gasteiger charge is -2.26. The number of rotatable bonds is 9. The molecule has 0 radical (unpaired) electrons. The summed E-state index contributed by atoms with van der Waals surface area (Å²) in [5.41, 5.74) is 1.22. The van der Waals surface area contributed by atoms with Crippen molar-refractivity contribution in [2.24, 2.45) is 5.92 Å². The molecule has 1 rings (SSSR count). The molecule has 3 heteroatoms. The second-order valence-corrected chi connectivity index (χ2v) is 6.34. The van der Waals surface area contributed by atoms with E-state index in [0.29, 0.717) is 0 Å². The monoisotopic (exact) mass is 305 g/mol. The summed E-state index contributed by atoms with van der Waals surface area (Å²) in [6, 6.07) is 0.218. The highest BCUT2D eigenvalue weighted by molar-refractivity contribution is 5.78. The van der Waals surface area contributed by atoms with Crippen molar-refractivity contribution < 1.29 is 9.90 Å². The van der Waals surface area contributed by atoms with Gasteiger partial charge in [-0.05, 0) is 57.4 Å². The fourth-order valence-electron chi connectivity index (χ4n) is 2.96. The van der Waals surface area contributed by atoms with Gasteiger partial charge in [0.15, 0.2) is 0 Å². The molecule has 0 heterocycles. The fraction of sp³-hybridized carbons (Fsp3) is 0.632. The Hall–Kier alpha value is -1.35. The van der Waals surface area contributed by atoms with Gasteiger partial charge in [-0.15, -0.1) is 0 Å². The van der Waals surface area contributed by atoms with Crippen LogP contribution in [0.2, 0.25) is 0 Å². The van der Waals surface area contributed by atoms with Gasteiger partial charge < -0.3 is 10.4 Å². The normalized spacial score (nSPS) is 23.6. The molecule has 0 aromatic rings. The summed E-state index contributed by atoms with van der Waals surface area (Å²) in [5, 5.41) is 12.6. The predicted octanol–water partition coefficient (Wildman–Crippen LogP) is 3.90. The highest BCUT2D eigenvalue weighted by Crippen LogP contribution is 2.24. The zero-order chi connectivity index (χ0) is 16.4. The van der Waals surface area contributed by atoms with Gasteiger partial charge in [0, 0.05) is 12.0 Å². The topological polar surface area (TPSA) is 49.3 Å². The summed E-state index contributed by atoms with van der Waals surface area (Å²) >= 11 is 0. The number of carbonyl (C=O) groups excluding carboxylic acids is 1. The molecule has 1 fully saturated rings. The Morgan fingerprint density at radius 3 is 2.55 bits per heavy atom. The zero-order valence-electron chi connectivity index (χ0n) is 13.9. The number of unbranched alkanes of at least 4 members (excludes halogenated alkanes) is 1. The van der Waals surface area contributed by atoms with Crippen molar-refractivity contribution in [1.29, 1.82) is 0 Å². The number of allylic oxidation sites excluding steroid dienone is 4. The fourth-order valence-corrected chi connectivity index (χ4v) is 2.96. The largest absolute Gasteiger partial charge is 0.393 e. The van der Waals surface area contributed by atoms with E-state index in [0.717, 1.165) is 51.4 Å². The van der Waals surface area contributed by atoms with E-state index in [9.17, 15) is 9.90 Å². The van der Waals surface area contributed by atoms with Crippen molar-refractivity contribution >= 4 is 5.91 Å². The maximum atomic E-state index is 12.2. The Morgan fingerprint density at radius 2 is 1.95 bits per heavy atom. The molecule has 0 aromatic carbocycles. The first kappa shape index (κ1) is 18.7. The van der Waals surface area contributed by atoms with Gasteiger partial charge in [0.25, 0.3) is 0 Å². The summed E-state index contributed by atoms with van der Waals surface area (Å²) in [4.78, 5) is 12.2. The molecule has 1 saturated carbocycles. The van der Waals surface area contributed by atoms with Crippen LogP contribution in [0.5, 0.6) is 0 Å². The van der Waals surface area contributed by atoms with Crippen LogP contribution in [0.4, 0.5) is 0 Å². The molecule has 1 unspecified atom stereocenters. The van der Waals surface area contributed by atoms with Crippen molar-refractivity contribution in [3.05, 3.63) is 37.0 Å². The molecule has 22 heavy (non-hydrogen) atoms. The van der Waals surface area contributed by atoms with E-state index in [1.807, 2.05) is 12.2 Å². The third-order valence-electron chi connectivity index (χ3n) is 4.40. The van der Waals surface area contributed by atoms with E-state index < -0.39 is 0 Å². The van der Waals surface area contributed by atoms with Crippen LogP contribution in [0.1, 0.15) is 58.3 Å². The summed E-state index contributed by atoms with van der Waals surface area (Å²) in [6.45, 7) is 9.57. The number of carbonyl (C=O) groups is 1. The number of amides is 1. The quantitative estimate of drug-likeness (QED) is 0.501. The van der Waals surface area contributed by atoms with Crippen molar-refractivity contribution in [3.63, 3.8) is 0 Å². The standard InChI is InChI=1S/C19H31NO2/c1-4-8-16(5-2)10-7-6-9-15(3)20-19(22)17-11-13-18(21)14-12-17/h4-5,8,15,17-18,21H,1-2,6-7,9-14H2,3H3,(H,20,22)/b16-8+. The molecule has 2 N–H and O–H groups in total. The second-order valence-electron chi connectivity index (χ2n) is 6.34. The molecule has 1 aliphatic rings. The molecule has 1 amide bonds. The predicted molar refractivity (Wildman–Crippen MR) is 92.5 cm³/mol. The number of hydrogen-bond acceptors (Lipinski definition) is 2. The van der Waals surface area contributed by atoms with Gasteiger partial charge in [-0.3, -0.25) is 4.79 Å². The Kier molecular flexibility index (Phi) is 8.83. The van der Waals surface area contributed by atoms with Crippen molar-refractivity contribution in [2.75, 3.05) is 0 Å².